The number of anilines is 1. The van der Waals surface area contributed by atoms with Crippen LogP contribution in [0.4, 0.5) is 9.52 Å². The zero-order valence-electron chi connectivity index (χ0n) is 10.8. The van der Waals surface area contributed by atoms with Crippen molar-refractivity contribution < 1.29 is 9.18 Å². The van der Waals surface area contributed by atoms with E-state index in [4.69, 9.17) is 5.73 Å². The molecule has 104 valence electrons. The number of aromatic nitrogens is 1. The zero-order valence-corrected chi connectivity index (χ0v) is 11.6. The van der Waals surface area contributed by atoms with Crippen LogP contribution >= 0.6 is 11.3 Å². The fourth-order valence-corrected chi connectivity index (χ4v) is 2.65. The summed E-state index contributed by atoms with van der Waals surface area (Å²) >= 11 is 1.25. The standard InChI is InChI=1S/C14H14FN3OS/c15-10-3-1-2-9(6-10)7-18(11-4-5-11)13(19)12-8-20-14(16)17-12/h1-3,6,8,11H,4-5,7H2,(H2,16,17). The molecular formula is C14H14FN3OS. The first kappa shape index (κ1) is 13.1. The van der Waals surface area contributed by atoms with E-state index in [1.165, 1.54) is 23.5 Å². The maximum atomic E-state index is 13.2. The molecule has 0 aliphatic heterocycles. The maximum absolute atomic E-state index is 13.2. The average molecular weight is 291 g/mol. The topological polar surface area (TPSA) is 59.2 Å². The SMILES string of the molecule is Nc1nc(C(=O)N(Cc2cccc(F)c2)C2CC2)cs1. The van der Waals surface area contributed by atoms with Gasteiger partial charge in [-0.25, -0.2) is 9.37 Å². The summed E-state index contributed by atoms with van der Waals surface area (Å²) in [5, 5.41) is 2.05. The number of benzene rings is 1. The highest BCUT2D eigenvalue weighted by molar-refractivity contribution is 7.13. The molecule has 20 heavy (non-hydrogen) atoms. The Morgan fingerprint density at radius 1 is 1.50 bits per heavy atom. The molecule has 1 aromatic carbocycles. The Hall–Kier alpha value is -1.95. The van der Waals surface area contributed by atoms with Gasteiger partial charge in [-0.3, -0.25) is 4.79 Å². The summed E-state index contributed by atoms with van der Waals surface area (Å²) in [6.07, 6.45) is 1.97. The molecule has 0 saturated heterocycles. The quantitative estimate of drug-likeness (QED) is 0.942. The first-order valence-corrected chi connectivity index (χ1v) is 7.28. The second kappa shape index (κ2) is 5.20. The van der Waals surface area contributed by atoms with Crippen molar-refractivity contribution >= 4 is 22.4 Å². The van der Waals surface area contributed by atoms with E-state index in [-0.39, 0.29) is 17.8 Å². The Morgan fingerprint density at radius 2 is 2.30 bits per heavy atom. The van der Waals surface area contributed by atoms with Gasteiger partial charge in [-0.05, 0) is 30.5 Å². The minimum absolute atomic E-state index is 0.135. The number of carbonyl (C=O) groups excluding carboxylic acids is 1. The number of hydrogen-bond acceptors (Lipinski definition) is 4. The molecule has 1 aliphatic carbocycles. The molecule has 4 nitrogen and oxygen atoms in total. The third-order valence-corrected chi connectivity index (χ3v) is 3.91. The Morgan fingerprint density at radius 3 is 2.90 bits per heavy atom. The van der Waals surface area contributed by atoms with Gasteiger partial charge in [-0.2, -0.15) is 0 Å². The number of rotatable bonds is 4. The largest absolute Gasteiger partial charge is 0.375 e. The number of amides is 1. The zero-order chi connectivity index (χ0) is 14.1. The highest BCUT2D eigenvalue weighted by atomic mass is 32.1. The highest BCUT2D eigenvalue weighted by Crippen LogP contribution is 2.30. The first-order valence-electron chi connectivity index (χ1n) is 6.40. The predicted octanol–water partition coefficient (Wildman–Crippen LogP) is 2.67. The van der Waals surface area contributed by atoms with Crippen LogP contribution in [0.2, 0.25) is 0 Å². The number of nitrogens with two attached hydrogens (primary N) is 1. The molecule has 1 aromatic heterocycles. The van der Waals surface area contributed by atoms with E-state index in [0.29, 0.717) is 17.4 Å². The molecule has 0 spiro atoms. The molecule has 6 heteroatoms. The van der Waals surface area contributed by atoms with Gasteiger partial charge in [0, 0.05) is 18.0 Å². The molecule has 3 rings (SSSR count). The summed E-state index contributed by atoms with van der Waals surface area (Å²) in [6, 6.07) is 6.56. The van der Waals surface area contributed by atoms with Gasteiger partial charge in [0.1, 0.15) is 11.5 Å². The lowest BCUT2D eigenvalue weighted by Crippen LogP contribution is -2.32. The van der Waals surface area contributed by atoms with Gasteiger partial charge in [0.2, 0.25) is 0 Å². The predicted molar refractivity (Wildman–Crippen MR) is 75.8 cm³/mol. The van der Waals surface area contributed by atoms with Crippen molar-refractivity contribution in [2.75, 3.05) is 5.73 Å². The lowest BCUT2D eigenvalue weighted by atomic mass is 10.2. The minimum atomic E-state index is -0.288. The molecule has 0 radical (unpaired) electrons. The number of hydrogen-bond donors (Lipinski definition) is 1. The van der Waals surface area contributed by atoms with Crippen molar-refractivity contribution in [3.63, 3.8) is 0 Å². The molecule has 0 bridgehead atoms. The Kier molecular flexibility index (Phi) is 3.40. The third kappa shape index (κ3) is 2.80. The van der Waals surface area contributed by atoms with Crippen LogP contribution in [0.3, 0.4) is 0 Å². The van der Waals surface area contributed by atoms with Crippen molar-refractivity contribution in [3.05, 3.63) is 46.7 Å². The Bertz CT molecular complexity index is 639. The lowest BCUT2D eigenvalue weighted by molar-refractivity contribution is 0.0724. The van der Waals surface area contributed by atoms with Crippen LogP contribution in [-0.4, -0.2) is 21.8 Å². The number of carbonyl (C=O) groups is 1. The van der Waals surface area contributed by atoms with E-state index in [1.54, 1.807) is 16.3 Å². The van der Waals surface area contributed by atoms with Gasteiger partial charge in [0.15, 0.2) is 5.13 Å². The van der Waals surface area contributed by atoms with Crippen LogP contribution < -0.4 is 5.73 Å². The fraction of sp³-hybridized carbons (Fsp3) is 0.286. The van der Waals surface area contributed by atoms with E-state index < -0.39 is 0 Å². The van der Waals surface area contributed by atoms with E-state index in [9.17, 15) is 9.18 Å². The molecule has 1 fully saturated rings. The highest BCUT2D eigenvalue weighted by Gasteiger charge is 2.33. The summed E-state index contributed by atoms with van der Waals surface area (Å²) < 4.78 is 13.2. The van der Waals surface area contributed by atoms with E-state index >= 15 is 0 Å². The normalized spacial score (nSPS) is 14.2. The number of nitrogens with zero attached hydrogens (tertiary/aromatic N) is 2. The van der Waals surface area contributed by atoms with Crippen molar-refractivity contribution in [3.8, 4) is 0 Å². The molecule has 1 aliphatic rings. The third-order valence-electron chi connectivity index (χ3n) is 3.23. The number of thiazole rings is 1. The summed E-state index contributed by atoms with van der Waals surface area (Å²) in [5.74, 6) is -0.423. The summed E-state index contributed by atoms with van der Waals surface area (Å²) in [7, 11) is 0. The minimum Gasteiger partial charge on any atom is -0.375 e. The molecule has 1 saturated carbocycles. The van der Waals surface area contributed by atoms with Crippen molar-refractivity contribution in [1.29, 1.82) is 0 Å². The number of nitrogen functional groups attached to an aromatic ring is 1. The van der Waals surface area contributed by atoms with Crippen molar-refractivity contribution in [1.82, 2.24) is 9.88 Å². The van der Waals surface area contributed by atoms with Gasteiger partial charge in [0.25, 0.3) is 5.91 Å². The molecule has 2 aromatic rings. The van der Waals surface area contributed by atoms with Gasteiger partial charge in [-0.1, -0.05) is 12.1 Å². The molecule has 2 N–H and O–H groups in total. The molecule has 0 unspecified atom stereocenters. The smallest absolute Gasteiger partial charge is 0.273 e. The van der Waals surface area contributed by atoms with Crippen molar-refractivity contribution in [2.45, 2.75) is 25.4 Å². The van der Waals surface area contributed by atoms with E-state index in [2.05, 4.69) is 4.98 Å². The maximum Gasteiger partial charge on any atom is 0.273 e. The Labute approximate surface area is 120 Å². The molecular weight excluding hydrogens is 277 g/mol. The summed E-state index contributed by atoms with van der Waals surface area (Å²) in [5.41, 5.74) is 6.72. The van der Waals surface area contributed by atoms with Crippen molar-refractivity contribution in [2.24, 2.45) is 0 Å². The first-order chi connectivity index (χ1) is 9.63. The van der Waals surface area contributed by atoms with Gasteiger partial charge < -0.3 is 10.6 Å². The van der Waals surface area contributed by atoms with Crippen LogP contribution in [0.15, 0.2) is 29.6 Å². The van der Waals surface area contributed by atoms with Gasteiger partial charge in [0.05, 0.1) is 0 Å². The van der Waals surface area contributed by atoms with Crippen LogP contribution in [0.5, 0.6) is 0 Å². The van der Waals surface area contributed by atoms with Gasteiger partial charge >= 0.3 is 0 Å². The summed E-state index contributed by atoms with van der Waals surface area (Å²) in [4.78, 5) is 18.2. The van der Waals surface area contributed by atoms with E-state index in [1.807, 2.05) is 6.07 Å². The molecule has 1 amide bonds. The summed E-state index contributed by atoms with van der Waals surface area (Å²) in [6.45, 7) is 0.401. The van der Waals surface area contributed by atoms with E-state index in [0.717, 1.165) is 18.4 Å². The monoisotopic (exact) mass is 291 g/mol. The lowest BCUT2D eigenvalue weighted by Gasteiger charge is -2.21. The number of halogens is 1. The van der Waals surface area contributed by atoms with Crippen LogP contribution in [0.1, 0.15) is 28.9 Å². The Balaban J connectivity index is 1.81. The average Bonchev–Trinajstić information content (AvgIpc) is 3.17. The van der Waals surface area contributed by atoms with Crippen LogP contribution in [0, 0.1) is 5.82 Å². The van der Waals surface area contributed by atoms with Gasteiger partial charge in [-0.15, -0.1) is 11.3 Å². The van der Waals surface area contributed by atoms with Crippen LogP contribution in [0.25, 0.3) is 0 Å². The van der Waals surface area contributed by atoms with Crippen LogP contribution in [-0.2, 0) is 6.54 Å². The fourth-order valence-electron chi connectivity index (χ4n) is 2.12. The second-order valence-electron chi connectivity index (χ2n) is 4.87. The second-order valence-corrected chi connectivity index (χ2v) is 5.75. The molecule has 1 heterocycles. The molecule has 0 atom stereocenters.